The molecule has 1 fully saturated rings. The average molecular weight is 476 g/mol. The molecule has 35 heavy (non-hydrogen) atoms. The lowest BCUT2D eigenvalue weighted by molar-refractivity contribution is -0.148. The maximum atomic E-state index is 12.8. The molecule has 3 aromatic rings. The van der Waals surface area contributed by atoms with E-state index in [1.807, 2.05) is 36.4 Å². The summed E-state index contributed by atoms with van der Waals surface area (Å²) in [4.78, 5) is 38.3. The molecule has 0 unspecified atom stereocenters. The molecule has 1 saturated heterocycles. The third-order valence-electron chi connectivity index (χ3n) is 7.18. The summed E-state index contributed by atoms with van der Waals surface area (Å²) in [6.45, 7) is 3.93. The summed E-state index contributed by atoms with van der Waals surface area (Å²) in [5.74, 6) is -1.72. The molecule has 0 bridgehead atoms. The van der Waals surface area contributed by atoms with Gasteiger partial charge in [-0.15, -0.1) is 0 Å². The van der Waals surface area contributed by atoms with E-state index in [1.165, 1.54) is 11.0 Å². The summed E-state index contributed by atoms with van der Waals surface area (Å²) >= 11 is 0. The van der Waals surface area contributed by atoms with Gasteiger partial charge in [0.25, 0.3) is 5.91 Å². The Balaban J connectivity index is 1.21. The summed E-state index contributed by atoms with van der Waals surface area (Å²) in [5, 5.41) is 15.7. The zero-order chi connectivity index (χ0) is 24.7. The van der Waals surface area contributed by atoms with E-state index in [0.29, 0.717) is 6.54 Å². The number of ether oxygens (including phenoxy) is 1. The van der Waals surface area contributed by atoms with Gasteiger partial charge in [-0.05, 0) is 35.1 Å². The number of carbonyl (C=O) groups excluding carboxylic acids is 2. The van der Waals surface area contributed by atoms with Crippen LogP contribution in [-0.2, 0) is 9.53 Å². The molecule has 9 heteroatoms. The van der Waals surface area contributed by atoms with Crippen LogP contribution < -0.4 is 5.32 Å². The molecule has 5 rings (SSSR count). The highest BCUT2D eigenvalue weighted by Crippen LogP contribution is 2.44. The number of hydrogen-bond donors (Lipinski definition) is 2. The number of benzene rings is 2. The van der Waals surface area contributed by atoms with Crippen molar-refractivity contribution >= 4 is 23.9 Å². The van der Waals surface area contributed by atoms with E-state index in [-0.39, 0.29) is 36.6 Å². The number of carboxylic acids is 1. The van der Waals surface area contributed by atoms with E-state index in [4.69, 9.17) is 9.26 Å². The van der Waals surface area contributed by atoms with Crippen LogP contribution in [0.5, 0.6) is 0 Å². The number of carboxylic acid groups (broad SMARTS) is 1. The van der Waals surface area contributed by atoms with Gasteiger partial charge in [0.05, 0.1) is 5.41 Å². The Morgan fingerprint density at radius 1 is 1.14 bits per heavy atom. The first-order valence-electron chi connectivity index (χ1n) is 11.4. The topological polar surface area (TPSA) is 122 Å². The Morgan fingerprint density at radius 3 is 2.37 bits per heavy atom. The highest BCUT2D eigenvalue weighted by molar-refractivity contribution is 5.94. The van der Waals surface area contributed by atoms with Crippen LogP contribution in [0.4, 0.5) is 10.7 Å². The number of aliphatic carboxylic acids is 1. The van der Waals surface area contributed by atoms with E-state index in [0.717, 1.165) is 22.3 Å². The van der Waals surface area contributed by atoms with Gasteiger partial charge >= 0.3 is 12.1 Å². The Morgan fingerprint density at radius 2 is 1.77 bits per heavy atom. The Bertz CT molecular complexity index is 1270. The monoisotopic (exact) mass is 475 g/mol. The predicted molar refractivity (Wildman–Crippen MR) is 126 cm³/mol. The van der Waals surface area contributed by atoms with Crippen molar-refractivity contribution < 1.29 is 28.8 Å². The molecule has 1 aliphatic heterocycles. The van der Waals surface area contributed by atoms with Crippen LogP contribution in [0.25, 0.3) is 11.1 Å². The van der Waals surface area contributed by atoms with Gasteiger partial charge in [0.2, 0.25) is 5.88 Å². The Labute approximate surface area is 201 Å². The van der Waals surface area contributed by atoms with E-state index >= 15 is 0 Å². The number of fused-ring (bicyclic) bond motifs is 3. The molecule has 0 saturated carbocycles. The molecular formula is C26H25N3O6. The second-order valence-corrected chi connectivity index (χ2v) is 9.34. The SMILES string of the molecule is C[C@@H]1CN(C(=O)c2cc(NC(=O)OCC3c4ccccc4-c4ccccc43)on2)C[C@@]1(C)C(=O)O. The van der Waals surface area contributed by atoms with Crippen molar-refractivity contribution in [1.29, 1.82) is 0 Å². The molecule has 2 aromatic carbocycles. The Hall–Kier alpha value is -4.14. The molecule has 1 aliphatic carbocycles. The van der Waals surface area contributed by atoms with Crippen LogP contribution in [0.15, 0.2) is 59.1 Å². The third-order valence-corrected chi connectivity index (χ3v) is 7.18. The summed E-state index contributed by atoms with van der Waals surface area (Å²) in [6.07, 6.45) is -0.727. The predicted octanol–water partition coefficient (Wildman–Crippen LogP) is 4.22. The van der Waals surface area contributed by atoms with E-state index < -0.39 is 23.4 Å². The maximum absolute atomic E-state index is 12.8. The van der Waals surface area contributed by atoms with Crippen LogP contribution in [0, 0.1) is 11.3 Å². The lowest BCUT2D eigenvalue weighted by atomic mass is 9.81. The fourth-order valence-corrected chi connectivity index (χ4v) is 4.91. The minimum atomic E-state index is -1.03. The fourth-order valence-electron chi connectivity index (χ4n) is 4.91. The van der Waals surface area contributed by atoms with Crippen LogP contribution in [0.1, 0.15) is 41.4 Å². The smallest absolute Gasteiger partial charge is 0.414 e. The quantitative estimate of drug-likeness (QED) is 0.567. The van der Waals surface area contributed by atoms with Crippen molar-refractivity contribution in [2.45, 2.75) is 19.8 Å². The molecule has 0 radical (unpaired) electrons. The van der Waals surface area contributed by atoms with Gasteiger partial charge < -0.3 is 19.3 Å². The van der Waals surface area contributed by atoms with Crippen molar-refractivity contribution in [3.63, 3.8) is 0 Å². The number of nitrogens with zero attached hydrogens (tertiary/aromatic N) is 2. The largest absolute Gasteiger partial charge is 0.481 e. The van der Waals surface area contributed by atoms with Gasteiger partial charge in [0, 0.05) is 25.1 Å². The number of aromatic nitrogens is 1. The van der Waals surface area contributed by atoms with Gasteiger partial charge in [-0.1, -0.05) is 60.6 Å². The lowest BCUT2D eigenvalue weighted by Crippen LogP contribution is -2.36. The lowest BCUT2D eigenvalue weighted by Gasteiger charge is -2.22. The van der Waals surface area contributed by atoms with Crippen molar-refractivity contribution in [3.8, 4) is 11.1 Å². The van der Waals surface area contributed by atoms with Gasteiger partial charge in [-0.25, -0.2) is 4.79 Å². The van der Waals surface area contributed by atoms with Crippen molar-refractivity contribution in [2.24, 2.45) is 11.3 Å². The van der Waals surface area contributed by atoms with E-state index in [2.05, 4.69) is 22.6 Å². The van der Waals surface area contributed by atoms with Gasteiger partial charge in [0.15, 0.2) is 5.69 Å². The molecule has 2 aliphatic rings. The number of nitrogens with one attached hydrogen (secondary N) is 1. The first-order valence-corrected chi connectivity index (χ1v) is 11.4. The third kappa shape index (κ3) is 3.92. The molecule has 9 nitrogen and oxygen atoms in total. The van der Waals surface area contributed by atoms with Crippen molar-refractivity contribution in [2.75, 3.05) is 25.0 Å². The summed E-state index contributed by atoms with van der Waals surface area (Å²) in [6, 6.07) is 17.4. The average Bonchev–Trinajstić information content (AvgIpc) is 3.52. The number of carbonyl (C=O) groups is 3. The van der Waals surface area contributed by atoms with Crippen molar-refractivity contribution in [3.05, 3.63) is 71.4 Å². The highest BCUT2D eigenvalue weighted by atomic mass is 16.6. The molecule has 2 N–H and O–H groups in total. The summed E-state index contributed by atoms with van der Waals surface area (Å²) in [5.41, 5.74) is 3.42. The zero-order valence-corrected chi connectivity index (χ0v) is 19.4. The second kappa shape index (κ2) is 8.57. The van der Waals surface area contributed by atoms with E-state index in [1.54, 1.807) is 13.8 Å². The number of amides is 2. The first-order chi connectivity index (χ1) is 16.8. The molecule has 2 heterocycles. The van der Waals surface area contributed by atoms with Gasteiger partial charge in [-0.3, -0.25) is 14.9 Å². The number of anilines is 1. The summed E-state index contributed by atoms with van der Waals surface area (Å²) in [7, 11) is 0. The molecule has 1 aromatic heterocycles. The first kappa shape index (κ1) is 22.6. The highest BCUT2D eigenvalue weighted by Gasteiger charge is 2.48. The number of rotatable bonds is 5. The number of hydrogen-bond acceptors (Lipinski definition) is 6. The summed E-state index contributed by atoms with van der Waals surface area (Å²) < 4.78 is 10.6. The van der Waals surface area contributed by atoms with Crippen LogP contribution >= 0.6 is 0 Å². The molecule has 0 spiro atoms. The van der Waals surface area contributed by atoms with Crippen LogP contribution in [0.2, 0.25) is 0 Å². The minimum absolute atomic E-state index is 0.0132. The van der Waals surface area contributed by atoms with Crippen LogP contribution in [0.3, 0.4) is 0 Å². The van der Waals surface area contributed by atoms with Gasteiger partial charge in [-0.2, -0.15) is 0 Å². The van der Waals surface area contributed by atoms with Crippen LogP contribution in [-0.4, -0.2) is 52.8 Å². The molecule has 2 atom stereocenters. The fraction of sp³-hybridized carbons (Fsp3) is 0.308. The standard InChI is InChI=1S/C26H25N3O6/c1-15-12-29(14-26(15,2)24(31)32)23(30)21-11-22(35-28-21)27-25(33)34-13-20-18-9-5-3-7-16(18)17-8-4-6-10-19(17)20/h3-11,15,20H,12-14H2,1-2H3,(H,27,33)(H,31,32)/t15-,26-/m1/s1. The molecular weight excluding hydrogens is 450 g/mol. The molecule has 2 amide bonds. The maximum Gasteiger partial charge on any atom is 0.414 e. The zero-order valence-electron chi connectivity index (χ0n) is 19.4. The Kier molecular flexibility index (Phi) is 5.55. The normalized spacial score (nSPS) is 20.9. The second-order valence-electron chi connectivity index (χ2n) is 9.34. The van der Waals surface area contributed by atoms with E-state index in [9.17, 15) is 19.5 Å². The van der Waals surface area contributed by atoms with Gasteiger partial charge in [0.1, 0.15) is 6.61 Å². The minimum Gasteiger partial charge on any atom is -0.481 e. The number of likely N-dealkylation sites (tertiary alicyclic amines) is 1. The van der Waals surface area contributed by atoms with Crippen molar-refractivity contribution in [1.82, 2.24) is 10.1 Å². The molecule has 180 valence electrons.